The highest BCUT2D eigenvalue weighted by Gasteiger charge is 2.16. The van der Waals surface area contributed by atoms with Gasteiger partial charge < -0.3 is 4.74 Å². The summed E-state index contributed by atoms with van der Waals surface area (Å²) in [4.78, 5) is 17.8. The number of ether oxygens (including phenoxy) is 1. The number of halogens is 2. The van der Waals surface area contributed by atoms with Crippen molar-refractivity contribution < 1.29 is 9.66 Å². The van der Waals surface area contributed by atoms with Gasteiger partial charge in [0.1, 0.15) is 4.47 Å². The maximum Gasteiger partial charge on any atom is 0.287 e. The smallest absolute Gasteiger partial charge is 0.287 e. The Hall–Kier alpha value is -1.73. The van der Waals surface area contributed by atoms with Gasteiger partial charge in [-0.25, -0.2) is 4.98 Å². The minimum atomic E-state index is -0.510. The van der Waals surface area contributed by atoms with E-state index < -0.39 is 4.92 Å². The van der Waals surface area contributed by atoms with Crippen LogP contribution in [0.1, 0.15) is 0 Å². The predicted octanol–water partition coefficient (Wildman–Crippen LogP) is 3.59. The molecule has 0 saturated heterocycles. The monoisotopic (exact) mass is 329 g/mol. The Morgan fingerprint density at radius 3 is 2.83 bits per heavy atom. The van der Waals surface area contributed by atoms with Crippen molar-refractivity contribution in [1.82, 2.24) is 9.97 Å². The highest BCUT2D eigenvalue weighted by atomic mass is 79.9. The first-order chi connectivity index (χ1) is 8.58. The summed E-state index contributed by atoms with van der Waals surface area (Å²) in [5.74, 6) is 0.482. The fourth-order valence-electron chi connectivity index (χ4n) is 1.21. The van der Waals surface area contributed by atoms with E-state index in [4.69, 9.17) is 16.3 Å². The van der Waals surface area contributed by atoms with Gasteiger partial charge >= 0.3 is 0 Å². The van der Waals surface area contributed by atoms with Gasteiger partial charge in [-0.15, -0.1) is 0 Å². The van der Waals surface area contributed by atoms with Gasteiger partial charge in [-0.1, -0.05) is 6.07 Å². The summed E-state index contributed by atoms with van der Waals surface area (Å²) < 4.78 is 5.63. The Kier molecular flexibility index (Phi) is 3.73. The van der Waals surface area contributed by atoms with Crippen molar-refractivity contribution in [2.45, 2.75) is 0 Å². The molecule has 0 aliphatic carbocycles. The molecule has 2 rings (SSSR count). The Morgan fingerprint density at radius 1 is 1.39 bits per heavy atom. The van der Waals surface area contributed by atoms with Crippen molar-refractivity contribution >= 4 is 33.2 Å². The summed E-state index contributed by atoms with van der Waals surface area (Å²) in [7, 11) is 0. The Balaban J connectivity index is 2.35. The molecule has 8 heteroatoms. The first-order valence-corrected chi connectivity index (χ1v) is 5.84. The van der Waals surface area contributed by atoms with Crippen LogP contribution < -0.4 is 4.74 Å². The minimum Gasteiger partial charge on any atom is -0.437 e. The average molecular weight is 331 g/mol. The molecule has 0 aliphatic rings. The van der Waals surface area contributed by atoms with E-state index in [2.05, 4.69) is 25.9 Å². The van der Waals surface area contributed by atoms with Crippen LogP contribution in [0, 0.1) is 10.1 Å². The van der Waals surface area contributed by atoms with Gasteiger partial charge in [0.15, 0.2) is 5.75 Å². The van der Waals surface area contributed by atoms with E-state index in [1.165, 1.54) is 24.4 Å². The summed E-state index contributed by atoms with van der Waals surface area (Å²) in [6.45, 7) is 0. The topological polar surface area (TPSA) is 78.2 Å². The van der Waals surface area contributed by atoms with Gasteiger partial charge in [0.25, 0.3) is 5.69 Å². The van der Waals surface area contributed by atoms with Gasteiger partial charge in [-0.2, -0.15) is 4.98 Å². The molecular weight excluding hydrogens is 325 g/mol. The minimum absolute atomic E-state index is 0.0362. The third kappa shape index (κ3) is 2.74. The molecule has 1 aromatic carbocycles. The van der Waals surface area contributed by atoms with Crippen molar-refractivity contribution in [3.63, 3.8) is 0 Å². The summed E-state index contributed by atoms with van der Waals surface area (Å²) in [5.41, 5.74) is -0.0901. The zero-order valence-electron chi connectivity index (χ0n) is 8.71. The van der Waals surface area contributed by atoms with Crippen LogP contribution in [0.3, 0.4) is 0 Å². The first-order valence-electron chi connectivity index (χ1n) is 4.67. The van der Waals surface area contributed by atoms with Gasteiger partial charge in [0, 0.05) is 18.3 Å². The molecule has 18 heavy (non-hydrogen) atoms. The van der Waals surface area contributed by atoms with Crippen molar-refractivity contribution in [3.05, 3.63) is 50.3 Å². The Labute approximate surface area is 115 Å². The molecule has 1 aromatic heterocycles. The molecular formula is C10H5BrClN3O3. The SMILES string of the molecule is O=[N+]([O-])c1cccc(Oc2ccnc(Cl)n2)c1Br. The van der Waals surface area contributed by atoms with Crippen LogP contribution in [-0.4, -0.2) is 14.9 Å². The van der Waals surface area contributed by atoms with Crippen molar-refractivity contribution in [2.75, 3.05) is 0 Å². The largest absolute Gasteiger partial charge is 0.437 e. The summed E-state index contributed by atoms with van der Waals surface area (Å²) in [5, 5.41) is 10.8. The molecule has 0 N–H and O–H groups in total. The summed E-state index contributed by atoms with van der Waals surface area (Å²) in [6.07, 6.45) is 1.43. The molecule has 6 nitrogen and oxygen atoms in total. The summed E-state index contributed by atoms with van der Waals surface area (Å²) in [6, 6.07) is 5.95. The normalized spacial score (nSPS) is 10.1. The number of benzene rings is 1. The second-order valence-corrected chi connectivity index (χ2v) is 4.24. The van der Waals surface area contributed by atoms with Crippen LogP contribution in [0.5, 0.6) is 11.6 Å². The number of nitro benzene ring substituents is 1. The molecule has 0 bridgehead atoms. The lowest BCUT2D eigenvalue weighted by molar-refractivity contribution is -0.385. The summed E-state index contributed by atoms with van der Waals surface area (Å²) >= 11 is 8.73. The van der Waals surface area contributed by atoms with Crippen LogP contribution in [0.4, 0.5) is 5.69 Å². The molecule has 0 saturated carbocycles. The van der Waals surface area contributed by atoms with E-state index in [-0.39, 0.29) is 27.1 Å². The van der Waals surface area contributed by atoms with Crippen LogP contribution in [0.2, 0.25) is 5.28 Å². The number of hydrogen-bond donors (Lipinski definition) is 0. The standard InChI is InChI=1S/C10H5BrClN3O3/c11-9-6(15(16)17)2-1-3-7(9)18-8-4-5-13-10(12)14-8/h1-5H. The van der Waals surface area contributed by atoms with E-state index >= 15 is 0 Å². The molecule has 1 heterocycles. The quantitative estimate of drug-likeness (QED) is 0.488. The zero-order valence-corrected chi connectivity index (χ0v) is 11.1. The molecule has 0 spiro atoms. The second-order valence-electron chi connectivity index (χ2n) is 3.11. The van der Waals surface area contributed by atoms with Gasteiger partial charge in [0.2, 0.25) is 11.2 Å². The third-order valence-corrected chi connectivity index (χ3v) is 2.93. The van der Waals surface area contributed by atoms with Gasteiger partial charge in [-0.3, -0.25) is 10.1 Å². The predicted molar refractivity (Wildman–Crippen MR) is 67.9 cm³/mol. The fourth-order valence-corrected chi connectivity index (χ4v) is 1.84. The molecule has 0 unspecified atom stereocenters. The maximum absolute atomic E-state index is 10.8. The molecule has 0 radical (unpaired) electrons. The maximum atomic E-state index is 10.8. The molecule has 0 atom stereocenters. The lowest BCUT2D eigenvalue weighted by Crippen LogP contribution is -1.94. The Morgan fingerprint density at radius 2 is 2.17 bits per heavy atom. The van der Waals surface area contributed by atoms with E-state index in [9.17, 15) is 10.1 Å². The molecule has 92 valence electrons. The van der Waals surface area contributed by atoms with Crippen molar-refractivity contribution in [1.29, 1.82) is 0 Å². The van der Waals surface area contributed by atoms with Gasteiger partial charge in [-0.05, 0) is 33.6 Å². The lowest BCUT2D eigenvalue weighted by Gasteiger charge is -2.06. The van der Waals surface area contributed by atoms with E-state index in [1.807, 2.05) is 0 Å². The van der Waals surface area contributed by atoms with Crippen LogP contribution in [0.25, 0.3) is 0 Å². The molecule has 0 fully saturated rings. The van der Waals surface area contributed by atoms with E-state index in [1.54, 1.807) is 6.07 Å². The fraction of sp³-hybridized carbons (Fsp3) is 0. The molecule has 0 amide bonds. The number of aromatic nitrogens is 2. The van der Waals surface area contributed by atoms with Gasteiger partial charge in [0.05, 0.1) is 4.92 Å². The average Bonchev–Trinajstić information content (AvgIpc) is 2.31. The number of hydrogen-bond acceptors (Lipinski definition) is 5. The second kappa shape index (κ2) is 5.28. The number of rotatable bonds is 3. The Bertz CT molecular complexity index is 609. The van der Waals surface area contributed by atoms with Crippen LogP contribution in [-0.2, 0) is 0 Å². The molecule has 2 aromatic rings. The lowest BCUT2D eigenvalue weighted by atomic mass is 10.3. The third-order valence-electron chi connectivity index (χ3n) is 1.95. The molecule has 0 aliphatic heterocycles. The van der Waals surface area contributed by atoms with E-state index in [0.29, 0.717) is 0 Å². The number of nitro groups is 1. The zero-order chi connectivity index (χ0) is 13.1. The van der Waals surface area contributed by atoms with Crippen molar-refractivity contribution in [3.8, 4) is 11.6 Å². The first kappa shape index (κ1) is 12.7. The van der Waals surface area contributed by atoms with Crippen LogP contribution in [0.15, 0.2) is 34.9 Å². The number of nitrogens with zero attached hydrogens (tertiary/aromatic N) is 3. The van der Waals surface area contributed by atoms with E-state index in [0.717, 1.165) is 0 Å². The highest BCUT2D eigenvalue weighted by Crippen LogP contribution is 2.35. The van der Waals surface area contributed by atoms with Crippen LogP contribution >= 0.6 is 27.5 Å². The highest BCUT2D eigenvalue weighted by molar-refractivity contribution is 9.10. The van der Waals surface area contributed by atoms with Crippen molar-refractivity contribution in [2.24, 2.45) is 0 Å².